The molecule has 0 saturated heterocycles. The Balaban J connectivity index is 2.28. The molecule has 0 atom stereocenters. The summed E-state index contributed by atoms with van der Waals surface area (Å²) in [5.41, 5.74) is 6.66. The summed E-state index contributed by atoms with van der Waals surface area (Å²) >= 11 is 0. The van der Waals surface area contributed by atoms with Crippen molar-refractivity contribution in [2.24, 2.45) is 0 Å². The van der Waals surface area contributed by atoms with Gasteiger partial charge >= 0.3 is 0 Å². The smallest absolute Gasteiger partial charge is 0.273 e. The van der Waals surface area contributed by atoms with Crippen LogP contribution >= 0.6 is 0 Å². The van der Waals surface area contributed by atoms with E-state index in [4.69, 9.17) is 10.5 Å². The Morgan fingerprint density at radius 3 is 2.81 bits per heavy atom. The fraction of sp³-hybridized carbons (Fsp3) is 0.357. The molecule has 112 valence electrons. The number of ether oxygens (including phenoxy) is 1. The third-order valence-electron chi connectivity index (χ3n) is 2.77. The van der Waals surface area contributed by atoms with Crippen LogP contribution in [0.4, 0.5) is 5.69 Å². The summed E-state index contributed by atoms with van der Waals surface area (Å²) in [5.74, 6) is 0.769. The van der Waals surface area contributed by atoms with Crippen LogP contribution in [0.1, 0.15) is 23.8 Å². The Morgan fingerprint density at radius 2 is 2.14 bits per heavy atom. The maximum atomic E-state index is 11.8. The molecule has 2 heterocycles. The number of anilines is 1. The summed E-state index contributed by atoms with van der Waals surface area (Å²) in [6.45, 7) is 2.55. The number of nitrogens with zero attached hydrogens (tertiary/aromatic N) is 4. The Morgan fingerprint density at radius 1 is 1.38 bits per heavy atom. The Kier molecular flexibility index (Phi) is 4.42. The van der Waals surface area contributed by atoms with Crippen molar-refractivity contribution in [2.75, 3.05) is 26.4 Å². The molecular weight excluding hydrogens is 270 g/mol. The van der Waals surface area contributed by atoms with Gasteiger partial charge in [-0.1, -0.05) is 6.92 Å². The Hall–Kier alpha value is -2.57. The first-order chi connectivity index (χ1) is 10.0. The van der Waals surface area contributed by atoms with Crippen molar-refractivity contribution in [1.29, 1.82) is 0 Å². The lowest BCUT2D eigenvalue weighted by Crippen LogP contribution is -2.22. The van der Waals surface area contributed by atoms with Gasteiger partial charge in [0.05, 0.1) is 12.3 Å². The van der Waals surface area contributed by atoms with E-state index >= 15 is 0 Å². The molecule has 0 fully saturated rings. The van der Waals surface area contributed by atoms with Gasteiger partial charge in [-0.2, -0.15) is 10.1 Å². The molecule has 0 unspecified atom stereocenters. The van der Waals surface area contributed by atoms with Crippen LogP contribution in [0.15, 0.2) is 24.4 Å². The molecule has 0 aliphatic rings. The molecule has 1 amide bonds. The second kappa shape index (κ2) is 6.25. The highest BCUT2D eigenvalue weighted by molar-refractivity contribution is 5.91. The van der Waals surface area contributed by atoms with Crippen LogP contribution in [-0.4, -0.2) is 46.3 Å². The van der Waals surface area contributed by atoms with Crippen molar-refractivity contribution in [3.8, 4) is 11.7 Å². The third kappa shape index (κ3) is 3.31. The average Bonchev–Trinajstić information content (AvgIpc) is 2.95. The molecule has 0 saturated carbocycles. The predicted octanol–water partition coefficient (Wildman–Crippen LogP) is 1.34. The van der Waals surface area contributed by atoms with Gasteiger partial charge in [-0.25, -0.2) is 4.68 Å². The number of aromatic nitrogens is 3. The van der Waals surface area contributed by atoms with Crippen LogP contribution in [0.25, 0.3) is 5.82 Å². The molecular formula is C14H19N5O2. The Bertz CT molecular complexity index is 636. The van der Waals surface area contributed by atoms with E-state index in [1.165, 1.54) is 9.58 Å². The van der Waals surface area contributed by atoms with Crippen LogP contribution in [0, 0.1) is 0 Å². The van der Waals surface area contributed by atoms with Gasteiger partial charge in [0.2, 0.25) is 5.88 Å². The van der Waals surface area contributed by atoms with E-state index in [1.807, 2.05) is 6.92 Å². The van der Waals surface area contributed by atoms with E-state index < -0.39 is 0 Å². The van der Waals surface area contributed by atoms with Crippen molar-refractivity contribution in [3.05, 3.63) is 30.1 Å². The van der Waals surface area contributed by atoms with Crippen LogP contribution in [0.5, 0.6) is 5.88 Å². The number of carbonyl (C=O) groups is 1. The molecule has 2 N–H and O–H groups in total. The van der Waals surface area contributed by atoms with Crippen LogP contribution in [0.3, 0.4) is 0 Å². The molecule has 2 aromatic heterocycles. The number of hydrogen-bond donors (Lipinski definition) is 1. The van der Waals surface area contributed by atoms with E-state index in [0.29, 0.717) is 29.7 Å². The zero-order valence-corrected chi connectivity index (χ0v) is 12.4. The number of carbonyl (C=O) groups excluding carboxylic acids is 1. The first-order valence-corrected chi connectivity index (χ1v) is 6.70. The summed E-state index contributed by atoms with van der Waals surface area (Å²) in [7, 11) is 3.36. The molecule has 0 aromatic carbocycles. The highest BCUT2D eigenvalue weighted by Crippen LogP contribution is 2.20. The van der Waals surface area contributed by atoms with Crippen molar-refractivity contribution in [2.45, 2.75) is 13.3 Å². The molecule has 2 rings (SSSR count). The number of rotatable bonds is 5. The van der Waals surface area contributed by atoms with Gasteiger partial charge in [0.15, 0.2) is 11.5 Å². The highest BCUT2D eigenvalue weighted by atomic mass is 16.5. The lowest BCUT2D eigenvalue weighted by molar-refractivity contribution is 0.0821. The van der Waals surface area contributed by atoms with Crippen molar-refractivity contribution in [3.63, 3.8) is 0 Å². The lowest BCUT2D eigenvalue weighted by Gasteiger charge is -2.09. The minimum Gasteiger partial charge on any atom is -0.476 e. The number of hydrogen-bond acceptors (Lipinski definition) is 5. The molecule has 0 radical (unpaired) electrons. The largest absolute Gasteiger partial charge is 0.476 e. The van der Waals surface area contributed by atoms with Gasteiger partial charge < -0.3 is 15.4 Å². The first-order valence-electron chi connectivity index (χ1n) is 6.70. The standard InChI is InChI=1S/C14H19N5O2/c1-4-9-21-13-10(15)5-6-12(16-13)19-8-7-11(17-19)14(20)18(2)3/h5-8H,4,9,15H2,1-3H3. The van der Waals surface area contributed by atoms with E-state index in [1.54, 1.807) is 38.5 Å². The van der Waals surface area contributed by atoms with Crippen molar-refractivity contribution < 1.29 is 9.53 Å². The van der Waals surface area contributed by atoms with Gasteiger partial charge in [-0.15, -0.1) is 0 Å². The van der Waals surface area contributed by atoms with Crippen LogP contribution < -0.4 is 10.5 Å². The molecule has 0 bridgehead atoms. The fourth-order valence-corrected chi connectivity index (χ4v) is 1.68. The van der Waals surface area contributed by atoms with Crippen LogP contribution in [-0.2, 0) is 0 Å². The Labute approximate surface area is 123 Å². The minimum atomic E-state index is -0.161. The molecule has 0 aliphatic carbocycles. The van der Waals surface area contributed by atoms with Crippen LogP contribution in [0.2, 0.25) is 0 Å². The predicted molar refractivity (Wildman–Crippen MR) is 79.6 cm³/mol. The van der Waals surface area contributed by atoms with Gasteiger partial charge in [0.25, 0.3) is 5.91 Å². The molecule has 0 spiro atoms. The quantitative estimate of drug-likeness (QED) is 0.897. The molecule has 7 heteroatoms. The second-order valence-electron chi connectivity index (χ2n) is 4.76. The van der Waals surface area contributed by atoms with Gasteiger partial charge in [0, 0.05) is 20.3 Å². The SMILES string of the molecule is CCCOc1nc(-n2ccc(C(=O)N(C)C)n2)ccc1N. The normalized spacial score (nSPS) is 10.4. The molecule has 2 aromatic rings. The minimum absolute atomic E-state index is 0.161. The van der Waals surface area contributed by atoms with Gasteiger partial charge in [0.1, 0.15) is 0 Å². The second-order valence-corrected chi connectivity index (χ2v) is 4.76. The monoisotopic (exact) mass is 289 g/mol. The third-order valence-corrected chi connectivity index (χ3v) is 2.77. The molecule has 21 heavy (non-hydrogen) atoms. The molecule has 0 aliphatic heterocycles. The topological polar surface area (TPSA) is 86.3 Å². The van der Waals surface area contributed by atoms with Gasteiger partial charge in [-0.05, 0) is 24.6 Å². The summed E-state index contributed by atoms with van der Waals surface area (Å²) in [4.78, 5) is 17.6. The van der Waals surface area contributed by atoms with Gasteiger partial charge in [-0.3, -0.25) is 4.79 Å². The van der Waals surface area contributed by atoms with Crippen molar-refractivity contribution >= 4 is 11.6 Å². The zero-order chi connectivity index (χ0) is 15.4. The summed E-state index contributed by atoms with van der Waals surface area (Å²) in [6.07, 6.45) is 2.55. The number of nitrogen functional groups attached to an aromatic ring is 1. The van der Waals surface area contributed by atoms with E-state index in [0.717, 1.165) is 6.42 Å². The number of pyridine rings is 1. The van der Waals surface area contributed by atoms with Crippen molar-refractivity contribution in [1.82, 2.24) is 19.7 Å². The van der Waals surface area contributed by atoms with E-state index in [9.17, 15) is 4.79 Å². The van der Waals surface area contributed by atoms with E-state index in [2.05, 4.69) is 10.1 Å². The molecule has 7 nitrogen and oxygen atoms in total. The number of nitrogens with two attached hydrogens (primary N) is 1. The summed E-state index contributed by atoms with van der Waals surface area (Å²) in [5, 5.41) is 4.22. The first kappa shape index (κ1) is 14.8. The summed E-state index contributed by atoms with van der Waals surface area (Å²) in [6, 6.07) is 5.08. The lowest BCUT2D eigenvalue weighted by atomic mass is 10.4. The maximum Gasteiger partial charge on any atom is 0.273 e. The fourth-order valence-electron chi connectivity index (χ4n) is 1.68. The maximum absolute atomic E-state index is 11.8. The summed E-state index contributed by atoms with van der Waals surface area (Å²) < 4.78 is 7.01. The highest BCUT2D eigenvalue weighted by Gasteiger charge is 2.13. The van der Waals surface area contributed by atoms with E-state index in [-0.39, 0.29) is 5.91 Å². The number of amides is 1. The zero-order valence-electron chi connectivity index (χ0n) is 12.4. The average molecular weight is 289 g/mol.